The van der Waals surface area contributed by atoms with Gasteiger partial charge in [-0.25, -0.2) is 0 Å². The summed E-state index contributed by atoms with van der Waals surface area (Å²) in [4.78, 5) is 25.6. The van der Waals surface area contributed by atoms with Crippen molar-refractivity contribution in [1.82, 2.24) is 20.0 Å². The summed E-state index contributed by atoms with van der Waals surface area (Å²) in [6.07, 6.45) is 2.30. The van der Waals surface area contributed by atoms with E-state index in [1.807, 2.05) is 11.9 Å². The molecule has 160 valence electrons. The highest BCUT2D eigenvalue weighted by molar-refractivity contribution is 5.80. The lowest BCUT2D eigenvalue weighted by Gasteiger charge is -2.36. The molecule has 0 saturated carbocycles. The van der Waals surface area contributed by atoms with Gasteiger partial charge in [0.15, 0.2) is 5.96 Å². The first-order valence-electron chi connectivity index (χ1n) is 10.7. The maximum atomic E-state index is 12.4. The van der Waals surface area contributed by atoms with Crippen LogP contribution in [-0.2, 0) is 11.3 Å². The lowest BCUT2D eigenvalue weighted by molar-refractivity contribution is -0.131. The number of hydrogen-bond donors (Lipinski definition) is 1. The average Bonchev–Trinajstić information content (AvgIpc) is 3.25. The second kappa shape index (κ2) is 9.96. The Morgan fingerprint density at radius 1 is 1.07 bits per heavy atom. The number of nitrogens with one attached hydrogen (secondary N) is 1. The van der Waals surface area contributed by atoms with Crippen molar-refractivity contribution in [2.75, 3.05) is 71.9 Å². The standard InChI is InChI=1S/C22H36N6O/c1-18-15-20(25(3)4)8-7-19(18)16-24-22(23-2)28-13-11-26(12-14-28)17-21(29)27-9-5-6-10-27/h7-8,15H,5-6,9-14,16-17H2,1-4H3,(H,23,24). The summed E-state index contributed by atoms with van der Waals surface area (Å²) in [6, 6.07) is 6.56. The van der Waals surface area contributed by atoms with Crippen LogP contribution in [0.5, 0.6) is 0 Å². The number of anilines is 1. The van der Waals surface area contributed by atoms with Crippen molar-refractivity contribution in [2.45, 2.75) is 26.3 Å². The summed E-state index contributed by atoms with van der Waals surface area (Å²) in [5.41, 5.74) is 3.78. The van der Waals surface area contributed by atoms with Crippen molar-refractivity contribution in [3.63, 3.8) is 0 Å². The highest BCUT2D eigenvalue weighted by atomic mass is 16.2. The third-order valence-electron chi connectivity index (χ3n) is 5.98. The zero-order chi connectivity index (χ0) is 20.8. The highest BCUT2D eigenvalue weighted by Crippen LogP contribution is 2.17. The molecule has 0 radical (unpaired) electrons. The molecule has 0 atom stereocenters. The van der Waals surface area contributed by atoms with E-state index in [1.165, 1.54) is 16.8 Å². The summed E-state index contributed by atoms with van der Waals surface area (Å²) in [6.45, 7) is 8.93. The van der Waals surface area contributed by atoms with Gasteiger partial charge in [0.25, 0.3) is 0 Å². The predicted molar refractivity (Wildman–Crippen MR) is 120 cm³/mol. The van der Waals surface area contributed by atoms with Gasteiger partial charge in [0.1, 0.15) is 0 Å². The number of amides is 1. The second-order valence-corrected chi connectivity index (χ2v) is 8.26. The van der Waals surface area contributed by atoms with E-state index in [0.29, 0.717) is 6.54 Å². The molecule has 0 spiro atoms. The summed E-state index contributed by atoms with van der Waals surface area (Å²) >= 11 is 0. The Labute approximate surface area is 175 Å². The highest BCUT2D eigenvalue weighted by Gasteiger charge is 2.24. The summed E-state index contributed by atoms with van der Waals surface area (Å²) in [5, 5.41) is 3.51. The molecule has 2 aliphatic rings. The Hall–Kier alpha value is -2.28. The van der Waals surface area contributed by atoms with Gasteiger partial charge in [-0.15, -0.1) is 0 Å². The first kappa shape index (κ1) is 21.4. The minimum absolute atomic E-state index is 0.287. The number of likely N-dealkylation sites (tertiary alicyclic amines) is 1. The fourth-order valence-electron chi connectivity index (χ4n) is 4.04. The molecule has 7 heteroatoms. The van der Waals surface area contributed by atoms with E-state index in [9.17, 15) is 4.79 Å². The Morgan fingerprint density at radius 3 is 2.34 bits per heavy atom. The minimum Gasteiger partial charge on any atom is -0.378 e. The number of aliphatic imine (C=N–C) groups is 1. The van der Waals surface area contributed by atoms with Crippen molar-refractivity contribution in [1.29, 1.82) is 0 Å². The molecular weight excluding hydrogens is 364 g/mol. The van der Waals surface area contributed by atoms with Gasteiger partial charge in [0.05, 0.1) is 6.54 Å². The topological polar surface area (TPSA) is 54.4 Å². The van der Waals surface area contributed by atoms with E-state index in [1.54, 1.807) is 0 Å². The molecule has 2 heterocycles. The minimum atomic E-state index is 0.287. The summed E-state index contributed by atoms with van der Waals surface area (Å²) < 4.78 is 0. The number of carbonyl (C=O) groups excluding carboxylic acids is 1. The molecule has 29 heavy (non-hydrogen) atoms. The average molecular weight is 401 g/mol. The van der Waals surface area contributed by atoms with Crippen molar-refractivity contribution >= 4 is 17.6 Å². The van der Waals surface area contributed by atoms with Crippen molar-refractivity contribution in [3.8, 4) is 0 Å². The lowest BCUT2D eigenvalue weighted by atomic mass is 10.1. The molecule has 1 amide bonds. The molecule has 7 nitrogen and oxygen atoms in total. The molecule has 1 aromatic rings. The van der Waals surface area contributed by atoms with Crippen LogP contribution in [0.3, 0.4) is 0 Å². The van der Waals surface area contributed by atoms with Crippen LogP contribution in [0.4, 0.5) is 5.69 Å². The molecule has 1 N–H and O–H groups in total. The Balaban J connectivity index is 1.47. The largest absolute Gasteiger partial charge is 0.378 e. The fourth-order valence-corrected chi connectivity index (χ4v) is 4.04. The predicted octanol–water partition coefficient (Wildman–Crippen LogP) is 1.38. The van der Waals surface area contributed by atoms with E-state index in [-0.39, 0.29) is 5.91 Å². The van der Waals surface area contributed by atoms with Crippen LogP contribution in [0.25, 0.3) is 0 Å². The smallest absolute Gasteiger partial charge is 0.236 e. The quantitative estimate of drug-likeness (QED) is 0.598. The van der Waals surface area contributed by atoms with Crippen LogP contribution in [0.2, 0.25) is 0 Å². The van der Waals surface area contributed by atoms with E-state index in [4.69, 9.17) is 0 Å². The zero-order valence-corrected chi connectivity index (χ0v) is 18.4. The maximum absolute atomic E-state index is 12.4. The van der Waals surface area contributed by atoms with E-state index in [2.05, 4.69) is 64.2 Å². The number of piperazine rings is 1. The van der Waals surface area contributed by atoms with Gasteiger partial charge in [-0.3, -0.25) is 14.7 Å². The summed E-state index contributed by atoms with van der Waals surface area (Å²) in [7, 11) is 5.97. The first-order chi connectivity index (χ1) is 14.0. The Morgan fingerprint density at radius 2 is 1.76 bits per heavy atom. The van der Waals surface area contributed by atoms with E-state index in [0.717, 1.165) is 64.6 Å². The number of aryl methyl sites for hydroxylation is 1. The van der Waals surface area contributed by atoms with Crippen LogP contribution >= 0.6 is 0 Å². The van der Waals surface area contributed by atoms with Crippen LogP contribution < -0.4 is 10.2 Å². The van der Waals surface area contributed by atoms with E-state index >= 15 is 0 Å². The zero-order valence-electron chi connectivity index (χ0n) is 18.4. The number of benzene rings is 1. The van der Waals surface area contributed by atoms with Crippen molar-refractivity contribution < 1.29 is 4.79 Å². The molecule has 1 aromatic carbocycles. The molecule has 0 bridgehead atoms. The molecule has 0 unspecified atom stereocenters. The number of hydrogen-bond acceptors (Lipinski definition) is 4. The van der Waals surface area contributed by atoms with Gasteiger partial charge in [-0.1, -0.05) is 6.07 Å². The molecule has 3 rings (SSSR count). The first-order valence-corrected chi connectivity index (χ1v) is 10.7. The SMILES string of the molecule is CN=C(NCc1ccc(N(C)C)cc1C)N1CCN(CC(=O)N2CCCC2)CC1. The number of carbonyl (C=O) groups is 1. The van der Waals surface area contributed by atoms with Crippen LogP contribution in [0.15, 0.2) is 23.2 Å². The second-order valence-electron chi connectivity index (χ2n) is 8.26. The van der Waals surface area contributed by atoms with Gasteiger partial charge < -0.3 is 20.0 Å². The molecule has 2 aliphatic heterocycles. The third-order valence-corrected chi connectivity index (χ3v) is 5.98. The van der Waals surface area contributed by atoms with Crippen molar-refractivity contribution in [3.05, 3.63) is 29.3 Å². The van der Waals surface area contributed by atoms with Crippen LogP contribution in [0, 0.1) is 6.92 Å². The molecular formula is C22H36N6O. The Bertz CT molecular complexity index is 718. The lowest BCUT2D eigenvalue weighted by Crippen LogP contribution is -2.54. The van der Waals surface area contributed by atoms with E-state index < -0.39 is 0 Å². The molecule has 2 fully saturated rings. The van der Waals surface area contributed by atoms with Crippen LogP contribution in [-0.4, -0.2) is 93.5 Å². The van der Waals surface area contributed by atoms with Gasteiger partial charge in [-0.2, -0.15) is 0 Å². The molecule has 0 aliphatic carbocycles. The van der Waals surface area contributed by atoms with Gasteiger partial charge in [-0.05, 0) is 43.0 Å². The monoisotopic (exact) mass is 400 g/mol. The fraction of sp³-hybridized carbons (Fsp3) is 0.636. The molecule has 0 aromatic heterocycles. The third kappa shape index (κ3) is 5.63. The number of nitrogens with zero attached hydrogens (tertiary/aromatic N) is 5. The Kier molecular flexibility index (Phi) is 7.36. The van der Waals surface area contributed by atoms with Gasteiger partial charge in [0.2, 0.25) is 5.91 Å². The summed E-state index contributed by atoms with van der Waals surface area (Å²) in [5.74, 6) is 1.22. The van der Waals surface area contributed by atoms with Gasteiger partial charge >= 0.3 is 0 Å². The van der Waals surface area contributed by atoms with Gasteiger partial charge in [0, 0.05) is 72.6 Å². The van der Waals surface area contributed by atoms with Crippen molar-refractivity contribution in [2.24, 2.45) is 4.99 Å². The normalized spacial score (nSPS) is 18.3. The maximum Gasteiger partial charge on any atom is 0.236 e. The molecule has 2 saturated heterocycles. The number of guanidine groups is 1. The van der Waals surface area contributed by atoms with Crippen LogP contribution in [0.1, 0.15) is 24.0 Å². The number of rotatable bonds is 5.